The standard InChI is InChI=1S/C18H22N2O3.ClH/c1-2-22-10-11-23-13-14-6-5-7-15(12-14)20-18(21)16-8-3-4-9-17(16)19;/h3-9,12H,2,10-11,13,19H2,1H3,(H,20,21);1H. The summed E-state index contributed by atoms with van der Waals surface area (Å²) in [6, 6.07) is 14.5. The summed E-state index contributed by atoms with van der Waals surface area (Å²) in [4.78, 5) is 12.2. The van der Waals surface area contributed by atoms with E-state index in [-0.39, 0.29) is 18.3 Å². The summed E-state index contributed by atoms with van der Waals surface area (Å²) in [5.74, 6) is -0.225. The van der Waals surface area contributed by atoms with Gasteiger partial charge in [0.05, 0.1) is 25.4 Å². The van der Waals surface area contributed by atoms with Gasteiger partial charge in [-0.15, -0.1) is 12.4 Å². The molecule has 0 aromatic heterocycles. The van der Waals surface area contributed by atoms with Gasteiger partial charge in [0.15, 0.2) is 0 Å². The molecule has 0 aliphatic rings. The number of amides is 1. The fourth-order valence-corrected chi connectivity index (χ4v) is 2.09. The molecule has 6 heteroatoms. The molecule has 0 unspecified atom stereocenters. The predicted octanol–water partition coefficient (Wildman–Crippen LogP) is 3.50. The summed E-state index contributed by atoms with van der Waals surface area (Å²) in [7, 11) is 0. The number of nitrogen functional groups attached to an aromatic ring is 1. The molecule has 0 fully saturated rings. The Bertz CT molecular complexity index is 650. The zero-order chi connectivity index (χ0) is 16.5. The number of carbonyl (C=O) groups excluding carboxylic acids is 1. The fraction of sp³-hybridized carbons (Fsp3) is 0.278. The first-order valence-electron chi connectivity index (χ1n) is 7.61. The van der Waals surface area contributed by atoms with Crippen LogP contribution in [0.1, 0.15) is 22.8 Å². The maximum absolute atomic E-state index is 12.2. The highest BCUT2D eigenvalue weighted by molar-refractivity contribution is 6.07. The molecule has 0 atom stereocenters. The van der Waals surface area contributed by atoms with E-state index < -0.39 is 0 Å². The average Bonchev–Trinajstić information content (AvgIpc) is 2.55. The van der Waals surface area contributed by atoms with Gasteiger partial charge in [0, 0.05) is 18.0 Å². The third-order valence-corrected chi connectivity index (χ3v) is 3.24. The molecular formula is C18H23ClN2O3. The van der Waals surface area contributed by atoms with Crippen LogP contribution in [-0.2, 0) is 16.1 Å². The summed E-state index contributed by atoms with van der Waals surface area (Å²) in [5, 5.41) is 2.85. The predicted molar refractivity (Wildman–Crippen MR) is 98.6 cm³/mol. The van der Waals surface area contributed by atoms with E-state index in [2.05, 4.69) is 5.32 Å². The second kappa shape index (κ2) is 10.6. The van der Waals surface area contributed by atoms with Gasteiger partial charge < -0.3 is 20.5 Å². The minimum absolute atomic E-state index is 0. The molecule has 2 aromatic carbocycles. The van der Waals surface area contributed by atoms with Crippen LogP contribution in [0.15, 0.2) is 48.5 Å². The van der Waals surface area contributed by atoms with Crippen LogP contribution >= 0.6 is 12.4 Å². The number of nitrogens with two attached hydrogens (primary N) is 1. The Morgan fingerprint density at radius 3 is 2.58 bits per heavy atom. The normalized spacial score (nSPS) is 10.0. The first-order valence-corrected chi connectivity index (χ1v) is 7.61. The molecule has 5 nitrogen and oxygen atoms in total. The summed E-state index contributed by atoms with van der Waals surface area (Å²) in [6.45, 7) is 4.24. The number of nitrogens with one attached hydrogen (secondary N) is 1. The lowest BCUT2D eigenvalue weighted by molar-refractivity contribution is 0.0453. The second-order valence-electron chi connectivity index (χ2n) is 4.99. The van der Waals surface area contributed by atoms with Crippen LogP contribution in [0, 0.1) is 0 Å². The molecular weight excluding hydrogens is 328 g/mol. The topological polar surface area (TPSA) is 73.6 Å². The van der Waals surface area contributed by atoms with E-state index >= 15 is 0 Å². The molecule has 130 valence electrons. The molecule has 1 amide bonds. The number of hydrogen-bond donors (Lipinski definition) is 2. The lowest BCUT2D eigenvalue weighted by Crippen LogP contribution is -2.14. The van der Waals surface area contributed by atoms with Crippen molar-refractivity contribution in [3.8, 4) is 0 Å². The lowest BCUT2D eigenvalue weighted by atomic mass is 10.1. The molecule has 0 aliphatic carbocycles. The highest BCUT2D eigenvalue weighted by atomic mass is 35.5. The van der Waals surface area contributed by atoms with E-state index in [1.807, 2.05) is 31.2 Å². The first-order chi connectivity index (χ1) is 11.2. The molecule has 0 heterocycles. The Balaban J connectivity index is 0.00000288. The molecule has 0 aliphatic heterocycles. The number of hydrogen-bond acceptors (Lipinski definition) is 4. The van der Waals surface area contributed by atoms with Crippen LogP contribution in [0.3, 0.4) is 0 Å². The smallest absolute Gasteiger partial charge is 0.257 e. The Morgan fingerprint density at radius 1 is 1.08 bits per heavy atom. The van der Waals surface area contributed by atoms with Gasteiger partial charge in [-0.1, -0.05) is 24.3 Å². The number of ether oxygens (including phenoxy) is 2. The summed E-state index contributed by atoms with van der Waals surface area (Å²) >= 11 is 0. The minimum Gasteiger partial charge on any atom is -0.398 e. The molecule has 3 N–H and O–H groups in total. The Hall–Kier alpha value is -2.08. The number of para-hydroxylation sites is 1. The molecule has 0 saturated heterocycles. The van der Waals surface area contributed by atoms with Gasteiger partial charge in [-0.2, -0.15) is 0 Å². The van der Waals surface area contributed by atoms with Gasteiger partial charge in [0.25, 0.3) is 5.91 Å². The quantitative estimate of drug-likeness (QED) is 0.564. The second-order valence-corrected chi connectivity index (χ2v) is 4.99. The number of anilines is 2. The molecule has 0 bridgehead atoms. The highest BCUT2D eigenvalue weighted by Gasteiger charge is 2.09. The molecule has 2 aromatic rings. The van der Waals surface area contributed by atoms with Crippen LogP contribution in [0.25, 0.3) is 0 Å². The molecule has 0 spiro atoms. The maximum atomic E-state index is 12.2. The van der Waals surface area contributed by atoms with Crippen LogP contribution in [-0.4, -0.2) is 25.7 Å². The Morgan fingerprint density at radius 2 is 1.83 bits per heavy atom. The van der Waals surface area contributed by atoms with Crippen molar-refractivity contribution in [2.75, 3.05) is 30.9 Å². The molecule has 2 rings (SSSR count). The van der Waals surface area contributed by atoms with E-state index in [9.17, 15) is 4.79 Å². The fourth-order valence-electron chi connectivity index (χ4n) is 2.09. The monoisotopic (exact) mass is 350 g/mol. The largest absolute Gasteiger partial charge is 0.398 e. The third kappa shape index (κ3) is 6.20. The summed E-state index contributed by atoms with van der Waals surface area (Å²) in [6.07, 6.45) is 0. The van der Waals surface area contributed by atoms with Gasteiger partial charge in [-0.25, -0.2) is 0 Å². The third-order valence-electron chi connectivity index (χ3n) is 3.24. The number of carbonyl (C=O) groups is 1. The van der Waals surface area contributed by atoms with Crippen molar-refractivity contribution in [3.63, 3.8) is 0 Å². The Labute approximate surface area is 148 Å². The number of rotatable bonds is 8. The number of halogens is 1. The highest BCUT2D eigenvalue weighted by Crippen LogP contribution is 2.16. The van der Waals surface area contributed by atoms with Crippen molar-refractivity contribution in [3.05, 3.63) is 59.7 Å². The van der Waals surface area contributed by atoms with Gasteiger partial charge in [-0.05, 0) is 36.8 Å². The van der Waals surface area contributed by atoms with Crippen molar-refractivity contribution in [2.45, 2.75) is 13.5 Å². The number of benzene rings is 2. The van der Waals surface area contributed by atoms with Crippen LogP contribution in [0.5, 0.6) is 0 Å². The van der Waals surface area contributed by atoms with Gasteiger partial charge in [0.2, 0.25) is 0 Å². The first kappa shape index (κ1) is 20.0. The maximum Gasteiger partial charge on any atom is 0.257 e. The van der Waals surface area contributed by atoms with Gasteiger partial charge in [0.1, 0.15) is 0 Å². The van der Waals surface area contributed by atoms with Crippen LogP contribution in [0.4, 0.5) is 11.4 Å². The van der Waals surface area contributed by atoms with Gasteiger partial charge in [-0.3, -0.25) is 4.79 Å². The van der Waals surface area contributed by atoms with Crippen molar-refractivity contribution < 1.29 is 14.3 Å². The van der Waals surface area contributed by atoms with E-state index in [0.29, 0.717) is 43.4 Å². The van der Waals surface area contributed by atoms with Crippen molar-refractivity contribution in [2.24, 2.45) is 0 Å². The van der Waals surface area contributed by atoms with E-state index in [1.165, 1.54) is 0 Å². The van der Waals surface area contributed by atoms with Gasteiger partial charge >= 0.3 is 0 Å². The molecule has 0 radical (unpaired) electrons. The lowest BCUT2D eigenvalue weighted by Gasteiger charge is -2.09. The van der Waals surface area contributed by atoms with E-state index in [0.717, 1.165) is 5.56 Å². The van der Waals surface area contributed by atoms with E-state index in [4.69, 9.17) is 15.2 Å². The van der Waals surface area contributed by atoms with Crippen molar-refractivity contribution >= 4 is 29.7 Å². The van der Waals surface area contributed by atoms with Crippen LogP contribution in [0.2, 0.25) is 0 Å². The molecule has 0 saturated carbocycles. The van der Waals surface area contributed by atoms with Crippen molar-refractivity contribution in [1.82, 2.24) is 0 Å². The summed E-state index contributed by atoms with van der Waals surface area (Å²) < 4.78 is 10.7. The zero-order valence-corrected chi connectivity index (χ0v) is 14.5. The SMILES string of the molecule is CCOCCOCc1cccc(NC(=O)c2ccccc2N)c1.Cl. The average molecular weight is 351 g/mol. The zero-order valence-electron chi connectivity index (χ0n) is 13.7. The minimum atomic E-state index is -0.225. The Kier molecular flexibility index (Phi) is 8.86. The van der Waals surface area contributed by atoms with Crippen molar-refractivity contribution in [1.29, 1.82) is 0 Å². The molecule has 24 heavy (non-hydrogen) atoms. The van der Waals surface area contributed by atoms with Crippen LogP contribution < -0.4 is 11.1 Å². The van der Waals surface area contributed by atoms with E-state index in [1.54, 1.807) is 24.3 Å². The summed E-state index contributed by atoms with van der Waals surface area (Å²) in [5.41, 5.74) is 8.44.